The first-order valence-corrected chi connectivity index (χ1v) is 7.70. The molecule has 0 spiro atoms. The maximum absolute atomic E-state index is 10.8. The largest absolute Gasteiger partial charge is 0.377 e. The van der Waals surface area contributed by atoms with Crippen LogP contribution in [0.15, 0.2) is 22.7 Å². The smallest absolute Gasteiger partial charge is 0.270 e. The maximum Gasteiger partial charge on any atom is 0.270 e. The van der Waals surface area contributed by atoms with E-state index in [1.165, 1.54) is 25.0 Å². The first-order valence-electron chi connectivity index (χ1n) is 6.91. The van der Waals surface area contributed by atoms with E-state index in [9.17, 15) is 10.1 Å². The lowest BCUT2D eigenvalue weighted by Crippen LogP contribution is -2.52. The number of hydrogen-bond acceptors (Lipinski definition) is 4. The van der Waals surface area contributed by atoms with Crippen molar-refractivity contribution in [3.05, 3.63) is 32.8 Å². The van der Waals surface area contributed by atoms with Gasteiger partial charge in [-0.05, 0) is 40.8 Å². The van der Waals surface area contributed by atoms with Gasteiger partial charge in [0.15, 0.2) is 0 Å². The summed E-state index contributed by atoms with van der Waals surface area (Å²) in [6.07, 6.45) is 4.61. The molecule has 0 saturated heterocycles. The second-order valence-corrected chi connectivity index (χ2v) is 6.41. The van der Waals surface area contributed by atoms with Crippen LogP contribution in [0, 0.1) is 16.0 Å². The van der Waals surface area contributed by atoms with Crippen LogP contribution < -0.4 is 11.1 Å². The molecule has 5 nitrogen and oxygen atoms in total. The number of halogens is 1. The zero-order chi connectivity index (χ0) is 14.8. The SMILES string of the molecule is CC1CCCCC1(CN)Nc1ccc([N+](=O)[O-])cc1Br. The molecule has 110 valence electrons. The highest BCUT2D eigenvalue weighted by molar-refractivity contribution is 9.10. The first kappa shape index (κ1) is 15.3. The van der Waals surface area contributed by atoms with Crippen LogP contribution in [0.3, 0.4) is 0 Å². The summed E-state index contributed by atoms with van der Waals surface area (Å²) in [6.45, 7) is 2.79. The van der Waals surface area contributed by atoms with Crippen molar-refractivity contribution in [3.8, 4) is 0 Å². The molecule has 0 heterocycles. The molecule has 1 aliphatic carbocycles. The van der Waals surface area contributed by atoms with Gasteiger partial charge in [0.2, 0.25) is 0 Å². The molecule has 1 fully saturated rings. The molecule has 2 rings (SSSR count). The predicted octanol–water partition coefficient (Wildman–Crippen LogP) is 3.68. The number of rotatable bonds is 4. The molecule has 0 aliphatic heterocycles. The summed E-state index contributed by atoms with van der Waals surface area (Å²) in [7, 11) is 0. The van der Waals surface area contributed by atoms with E-state index in [1.807, 2.05) is 0 Å². The van der Waals surface area contributed by atoms with Crippen molar-refractivity contribution in [2.24, 2.45) is 11.7 Å². The van der Waals surface area contributed by atoms with Gasteiger partial charge in [-0.15, -0.1) is 0 Å². The van der Waals surface area contributed by atoms with Crippen LogP contribution in [0.5, 0.6) is 0 Å². The molecule has 20 heavy (non-hydrogen) atoms. The Morgan fingerprint density at radius 2 is 2.30 bits per heavy atom. The van der Waals surface area contributed by atoms with Crippen LogP contribution in [0.25, 0.3) is 0 Å². The van der Waals surface area contributed by atoms with Crippen LogP contribution in [-0.4, -0.2) is 17.0 Å². The van der Waals surface area contributed by atoms with E-state index in [2.05, 4.69) is 28.2 Å². The van der Waals surface area contributed by atoms with Gasteiger partial charge in [-0.25, -0.2) is 0 Å². The van der Waals surface area contributed by atoms with Gasteiger partial charge >= 0.3 is 0 Å². The van der Waals surface area contributed by atoms with Crippen molar-refractivity contribution in [3.63, 3.8) is 0 Å². The zero-order valence-corrected chi connectivity index (χ0v) is 13.1. The number of nitrogens with zero attached hydrogens (tertiary/aromatic N) is 1. The first-order chi connectivity index (χ1) is 9.48. The quantitative estimate of drug-likeness (QED) is 0.646. The lowest BCUT2D eigenvalue weighted by Gasteiger charge is -2.43. The molecule has 1 aliphatic rings. The van der Waals surface area contributed by atoms with Crippen molar-refractivity contribution < 1.29 is 4.92 Å². The van der Waals surface area contributed by atoms with Crippen LogP contribution in [0.1, 0.15) is 32.6 Å². The second-order valence-electron chi connectivity index (χ2n) is 5.55. The molecular formula is C14H20BrN3O2. The maximum atomic E-state index is 10.8. The van der Waals surface area contributed by atoms with E-state index in [4.69, 9.17) is 5.73 Å². The topological polar surface area (TPSA) is 81.2 Å². The van der Waals surface area contributed by atoms with Gasteiger partial charge in [-0.2, -0.15) is 0 Å². The lowest BCUT2D eigenvalue weighted by atomic mass is 9.73. The van der Waals surface area contributed by atoms with Gasteiger partial charge in [0.05, 0.1) is 10.5 Å². The van der Waals surface area contributed by atoms with Crippen molar-refractivity contribution in [2.45, 2.75) is 38.1 Å². The van der Waals surface area contributed by atoms with E-state index < -0.39 is 4.92 Å². The molecule has 0 bridgehead atoms. The lowest BCUT2D eigenvalue weighted by molar-refractivity contribution is -0.384. The monoisotopic (exact) mass is 341 g/mol. The third-order valence-corrected chi connectivity index (χ3v) is 5.02. The summed E-state index contributed by atoms with van der Waals surface area (Å²) in [4.78, 5) is 10.4. The molecule has 1 saturated carbocycles. The summed E-state index contributed by atoms with van der Waals surface area (Å²) in [5.41, 5.74) is 6.86. The van der Waals surface area contributed by atoms with Gasteiger partial charge in [-0.1, -0.05) is 19.8 Å². The fourth-order valence-electron chi connectivity index (χ4n) is 2.94. The summed E-state index contributed by atoms with van der Waals surface area (Å²) in [5, 5.41) is 14.3. The molecule has 2 atom stereocenters. The van der Waals surface area contributed by atoms with E-state index in [0.29, 0.717) is 16.9 Å². The van der Waals surface area contributed by atoms with Gasteiger partial charge in [0.25, 0.3) is 5.69 Å². The molecule has 2 unspecified atom stereocenters. The average Bonchev–Trinajstić information content (AvgIpc) is 2.43. The number of nitrogens with two attached hydrogens (primary N) is 1. The van der Waals surface area contributed by atoms with Crippen LogP contribution >= 0.6 is 15.9 Å². The average molecular weight is 342 g/mol. The van der Waals surface area contributed by atoms with Crippen molar-refractivity contribution in [1.82, 2.24) is 0 Å². The predicted molar refractivity (Wildman–Crippen MR) is 83.8 cm³/mol. The fraction of sp³-hybridized carbons (Fsp3) is 0.571. The standard InChI is InChI=1S/C14H20BrN3O2/c1-10-4-2-3-7-14(10,9-16)17-13-6-5-11(18(19)20)8-12(13)15/h5-6,8,10,17H,2-4,7,9,16H2,1H3. The second kappa shape index (κ2) is 6.10. The van der Waals surface area contributed by atoms with E-state index in [0.717, 1.165) is 18.5 Å². The summed E-state index contributed by atoms with van der Waals surface area (Å²) in [6, 6.07) is 4.80. The van der Waals surface area contributed by atoms with Gasteiger partial charge in [0, 0.05) is 28.8 Å². The Hall–Kier alpha value is -1.14. The minimum absolute atomic E-state index is 0.0842. The van der Waals surface area contributed by atoms with Gasteiger partial charge in [0.1, 0.15) is 0 Å². The highest BCUT2D eigenvalue weighted by Crippen LogP contribution is 2.38. The van der Waals surface area contributed by atoms with Gasteiger partial charge in [-0.3, -0.25) is 10.1 Å². The Morgan fingerprint density at radius 3 is 2.85 bits per heavy atom. The van der Waals surface area contributed by atoms with Gasteiger partial charge < -0.3 is 11.1 Å². The number of hydrogen-bond donors (Lipinski definition) is 2. The molecule has 0 radical (unpaired) electrons. The highest BCUT2D eigenvalue weighted by Gasteiger charge is 2.37. The third-order valence-electron chi connectivity index (χ3n) is 4.36. The molecule has 3 N–H and O–H groups in total. The normalized spacial score (nSPS) is 26.2. The summed E-state index contributed by atoms with van der Waals surface area (Å²) < 4.78 is 0.706. The number of nitro groups is 1. The Bertz CT molecular complexity index is 509. The Kier molecular flexibility index (Phi) is 4.65. The van der Waals surface area contributed by atoms with Crippen molar-refractivity contribution in [2.75, 3.05) is 11.9 Å². The Balaban J connectivity index is 2.25. The van der Waals surface area contributed by atoms with Crippen molar-refractivity contribution in [1.29, 1.82) is 0 Å². The van der Waals surface area contributed by atoms with Crippen LogP contribution in [0.2, 0.25) is 0 Å². The number of non-ortho nitro benzene ring substituents is 1. The number of anilines is 1. The fourth-order valence-corrected chi connectivity index (χ4v) is 3.41. The van der Waals surface area contributed by atoms with E-state index in [-0.39, 0.29) is 11.2 Å². The molecule has 1 aromatic carbocycles. The Labute approximate surface area is 127 Å². The molecule has 0 aromatic heterocycles. The zero-order valence-electron chi connectivity index (χ0n) is 11.6. The minimum atomic E-state index is -0.392. The van der Waals surface area contributed by atoms with Crippen LogP contribution in [-0.2, 0) is 0 Å². The minimum Gasteiger partial charge on any atom is -0.377 e. The molecular weight excluding hydrogens is 322 g/mol. The highest BCUT2D eigenvalue weighted by atomic mass is 79.9. The van der Waals surface area contributed by atoms with E-state index in [1.54, 1.807) is 6.07 Å². The van der Waals surface area contributed by atoms with Crippen LogP contribution in [0.4, 0.5) is 11.4 Å². The number of nitrogens with one attached hydrogen (secondary N) is 1. The molecule has 0 amide bonds. The van der Waals surface area contributed by atoms with Crippen molar-refractivity contribution >= 4 is 27.3 Å². The number of benzene rings is 1. The third kappa shape index (κ3) is 2.96. The molecule has 1 aromatic rings. The van der Waals surface area contributed by atoms with E-state index >= 15 is 0 Å². The Morgan fingerprint density at radius 1 is 1.55 bits per heavy atom. The summed E-state index contributed by atoms with van der Waals surface area (Å²) >= 11 is 3.41. The number of nitro benzene ring substituents is 1. The molecule has 6 heteroatoms. The summed E-state index contributed by atoms with van der Waals surface area (Å²) in [5.74, 6) is 0.489.